The van der Waals surface area contributed by atoms with Gasteiger partial charge in [0.15, 0.2) is 6.10 Å². The van der Waals surface area contributed by atoms with Crippen molar-refractivity contribution in [2.45, 2.75) is 44.2 Å². The maximum atomic E-state index is 11.4. The Balaban J connectivity index is 2.18. The van der Waals surface area contributed by atoms with E-state index < -0.39 is 12.1 Å². The van der Waals surface area contributed by atoms with Gasteiger partial charge in [-0.15, -0.1) is 0 Å². The van der Waals surface area contributed by atoms with Crippen molar-refractivity contribution < 1.29 is 19.4 Å². The largest absolute Gasteiger partial charge is 0.467 e. The summed E-state index contributed by atoms with van der Waals surface area (Å²) in [6.45, 7) is -0.134. The highest BCUT2D eigenvalue weighted by Crippen LogP contribution is 2.16. The summed E-state index contributed by atoms with van der Waals surface area (Å²) in [4.78, 5) is 22.3. The maximum absolute atomic E-state index is 11.4. The van der Waals surface area contributed by atoms with E-state index in [1.54, 1.807) is 0 Å². The number of aliphatic hydroxyl groups is 1. The highest BCUT2D eigenvalue weighted by molar-refractivity contribution is 5.77. The first-order valence-electron chi connectivity index (χ1n) is 5.93. The summed E-state index contributed by atoms with van der Waals surface area (Å²) in [6.07, 6.45) is 4.17. The lowest BCUT2D eigenvalue weighted by atomic mass is 9.96. The van der Waals surface area contributed by atoms with E-state index in [2.05, 4.69) is 15.4 Å². The minimum atomic E-state index is -1.31. The molecule has 6 nitrogen and oxygen atoms in total. The number of carbonyl (C=O) groups is 2. The molecule has 1 rings (SSSR count). The number of hydrogen-bond donors (Lipinski definition) is 3. The van der Waals surface area contributed by atoms with Crippen molar-refractivity contribution >= 4 is 12.0 Å². The number of esters is 1. The molecule has 1 atom stereocenters. The average molecular weight is 244 g/mol. The zero-order valence-electron chi connectivity index (χ0n) is 10.1. The van der Waals surface area contributed by atoms with Crippen molar-refractivity contribution in [1.82, 2.24) is 10.6 Å². The summed E-state index contributed by atoms with van der Waals surface area (Å²) in [6, 6.07) is -0.140. The smallest absolute Gasteiger partial charge is 0.336 e. The number of hydrogen-bond acceptors (Lipinski definition) is 4. The number of methoxy groups -OCH3 is 1. The van der Waals surface area contributed by atoms with Crippen molar-refractivity contribution in [3.63, 3.8) is 0 Å². The molecule has 17 heavy (non-hydrogen) atoms. The third-order valence-electron chi connectivity index (χ3n) is 2.87. The fourth-order valence-electron chi connectivity index (χ4n) is 1.89. The molecule has 1 unspecified atom stereocenters. The van der Waals surface area contributed by atoms with Gasteiger partial charge < -0.3 is 20.5 Å². The van der Waals surface area contributed by atoms with Gasteiger partial charge in [-0.1, -0.05) is 19.3 Å². The number of carbonyl (C=O) groups excluding carboxylic acids is 2. The molecule has 1 saturated carbocycles. The lowest BCUT2D eigenvalue weighted by molar-refractivity contribution is -0.149. The van der Waals surface area contributed by atoms with Crippen molar-refractivity contribution in [1.29, 1.82) is 0 Å². The second-order valence-electron chi connectivity index (χ2n) is 4.23. The van der Waals surface area contributed by atoms with E-state index in [4.69, 9.17) is 0 Å². The van der Waals surface area contributed by atoms with Crippen molar-refractivity contribution in [3.8, 4) is 0 Å². The van der Waals surface area contributed by atoms with Crippen LogP contribution in [0.4, 0.5) is 4.79 Å². The summed E-state index contributed by atoms with van der Waals surface area (Å²) >= 11 is 0. The molecule has 2 amide bonds. The summed E-state index contributed by atoms with van der Waals surface area (Å²) in [7, 11) is 1.19. The summed E-state index contributed by atoms with van der Waals surface area (Å²) in [5.41, 5.74) is 0. The summed E-state index contributed by atoms with van der Waals surface area (Å²) in [5.74, 6) is -0.747. The first kappa shape index (κ1) is 13.8. The van der Waals surface area contributed by atoms with Crippen LogP contribution in [0.3, 0.4) is 0 Å². The average Bonchev–Trinajstić information content (AvgIpc) is 2.36. The molecular weight excluding hydrogens is 224 g/mol. The molecule has 0 heterocycles. The monoisotopic (exact) mass is 244 g/mol. The predicted octanol–water partition coefficient (Wildman–Crippen LogP) is 0.152. The van der Waals surface area contributed by atoms with Crippen LogP contribution >= 0.6 is 0 Å². The van der Waals surface area contributed by atoms with E-state index in [-0.39, 0.29) is 18.6 Å². The van der Waals surface area contributed by atoms with Gasteiger partial charge in [-0.25, -0.2) is 9.59 Å². The SMILES string of the molecule is COC(=O)C(O)CNC(=O)NC1CCCCC1. The number of ether oxygens (including phenoxy) is 1. The first-order valence-corrected chi connectivity index (χ1v) is 5.93. The van der Waals surface area contributed by atoms with Crippen LogP contribution in [-0.2, 0) is 9.53 Å². The van der Waals surface area contributed by atoms with Gasteiger partial charge in [-0.05, 0) is 12.8 Å². The maximum Gasteiger partial charge on any atom is 0.336 e. The fraction of sp³-hybridized carbons (Fsp3) is 0.818. The number of urea groups is 1. The summed E-state index contributed by atoms with van der Waals surface area (Å²) < 4.78 is 4.33. The van der Waals surface area contributed by atoms with Gasteiger partial charge in [0.2, 0.25) is 0 Å². The minimum Gasteiger partial charge on any atom is -0.467 e. The molecule has 3 N–H and O–H groups in total. The van der Waals surface area contributed by atoms with Gasteiger partial charge in [-0.3, -0.25) is 0 Å². The van der Waals surface area contributed by atoms with Crippen LogP contribution in [-0.4, -0.2) is 42.9 Å². The predicted molar refractivity (Wildman–Crippen MR) is 61.4 cm³/mol. The fourth-order valence-corrected chi connectivity index (χ4v) is 1.89. The molecule has 98 valence electrons. The highest BCUT2D eigenvalue weighted by Gasteiger charge is 2.18. The van der Waals surface area contributed by atoms with E-state index in [0.717, 1.165) is 25.7 Å². The topological polar surface area (TPSA) is 87.7 Å². The van der Waals surface area contributed by atoms with E-state index in [9.17, 15) is 14.7 Å². The van der Waals surface area contributed by atoms with Crippen LogP contribution in [0.5, 0.6) is 0 Å². The summed E-state index contributed by atoms with van der Waals surface area (Å²) in [5, 5.41) is 14.5. The Morgan fingerprint density at radius 3 is 2.59 bits per heavy atom. The van der Waals surface area contributed by atoms with Gasteiger partial charge in [0.05, 0.1) is 13.7 Å². The molecule has 0 saturated heterocycles. The van der Waals surface area contributed by atoms with E-state index in [1.165, 1.54) is 13.5 Å². The molecule has 0 radical (unpaired) electrons. The van der Waals surface area contributed by atoms with E-state index in [0.29, 0.717) is 0 Å². The molecule has 0 aromatic heterocycles. The van der Waals surface area contributed by atoms with Gasteiger partial charge in [0.25, 0.3) is 0 Å². The van der Waals surface area contributed by atoms with Crippen molar-refractivity contribution in [2.24, 2.45) is 0 Å². The molecule has 0 aliphatic heterocycles. The molecule has 0 aromatic carbocycles. The molecule has 1 fully saturated rings. The van der Waals surface area contributed by atoms with E-state index >= 15 is 0 Å². The number of aliphatic hydroxyl groups excluding tert-OH is 1. The molecule has 0 aromatic rings. The Hall–Kier alpha value is -1.30. The molecule has 1 aliphatic carbocycles. The van der Waals surface area contributed by atoms with Gasteiger partial charge >= 0.3 is 12.0 Å². The molecule has 1 aliphatic rings. The molecular formula is C11H20N2O4. The standard InChI is InChI=1S/C11H20N2O4/c1-17-10(15)9(14)7-12-11(16)13-8-5-3-2-4-6-8/h8-9,14H,2-7H2,1H3,(H2,12,13,16). The van der Waals surface area contributed by atoms with Crippen LogP contribution < -0.4 is 10.6 Å². The zero-order valence-corrected chi connectivity index (χ0v) is 10.1. The van der Waals surface area contributed by atoms with Gasteiger partial charge in [-0.2, -0.15) is 0 Å². The van der Waals surface area contributed by atoms with Crippen molar-refractivity contribution in [2.75, 3.05) is 13.7 Å². The molecule has 6 heteroatoms. The minimum absolute atomic E-state index is 0.134. The van der Waals surface area contributed by atoms with E-state index in [1.807, 2.05) is 0 Å². The number of nitrogens with one attached hydrogen (secondary N) is 2. The van der Waals surface area contributed by atoms with Gasteiger partial charge in [0.1, 0.15) is 0 Å². The third-order valence-corrected chi connectivity index (χ3v) is 2.87. The Morgan fingerprint density at radius 2 is 2.00 bits per heavy atom. The number of amides is 2. The Bertz CT molecular complexity index is 264. The Labute approximate surface area is 101 Å². The molecule has 0 bridgehead atoms. The second-order valence-corrected chi connectivity index (χ2v) is 4.23. The van der Waals surface area contributed by atoms with Crippen molar-refractivity contribution in [3.05, 3.63) is 0 Å². The molecule has 0 spiro atoms. The Kier molecular flexibility index (Phi) is 5.76. The van der Waals surface area contributed by atoms with Crippen LogP contribution in [0.25, 0.3) is 0 Å². The van der Waals surface area contributed by atoms with Gasteiger partial charge in [0, 0.05) is 6.04 Å². The van der Waals surface area contributed by atoms with Crippen LogP contribution in [0.15, 0.2) is 0 Å². The lowest BCUT2D eigenvalue weighted by Crippen LogP contribution is -2.46. The quantitative estimate of drug-likeness (QED) is 0.614. The van der Waals surface area contributed by atoms with Crippen LogP contribution in [0.2, 0.25) is 0 Å². The van der Waals surface area contributed by atoms with Crippen LogP contribution in [0.1, 0.15) is 32.1 Å². The second kappa shape index (κ2) is 7.11. The lowest BCUT2D eigenvalue weighted by Gasteiger charge is -2.23. The Morgan fingerprint density at radius 1 is 1.35 bits per heavy atom. The number of rotatable bonds is 4. The highest BCUT2D eigenvalue weighted by atomic mass is 16.5. The first-order chi connectivity index (χ1) is 8.13. The van der Waals surface area contributed by atoms with Crippen LogP contribution in [0, 0.1) is 0 Å². The normalized spacial score (nSPS) is 18.2. The zero-order chi connectivity index (χ0) is 12.7. The third kappa shape index (κ3) is 5.04.